The van der Waals surface area contributed by atoms with E-state index in [-0.39, 0.29) is 39.5 Å². The van der Waals surface area contributed by atoms with Crippen LogP contribution >= 0.6 is 0 Å². The zero-order chi connectivity index (χ0) is 69.7. The van der Waals surface area contributed by atoms with Gasteiger partial charge in [-0.1, -0.05) is 127 Å². The SMILES string of the molecule is COc1cncc2c1[C@]1(O)[C@@H](CN)[C@H](CO)[C@@H](c3ccccc3)[C@]1(c1ccc(C#N)cc1)O2.COc1cncc2c1[C@]1(O)[C@@H](CN)[C@H](CO)[C@@H](c3ccccc3)[C@]1(c1ccc(C#N)cc1)O2.COc1cncc2c1[C@]1(O)[C@@H](CN)[C@H](CO)[C@@H](c3ccccc3)[C@]1(c1ccc(C#N)cc1)O2. The zero-order valence-corrected chi connectivity index (χ0v) is 54.5. The van der Waals surface area contributed by atoms with Gasteiger partial charge >= 0.3 is 0 Å². The second kappa shape index (κ2) is 26.5. The third-order valence-electron chi connectivity index (χ3n) is 21.9. The number of nitrogens with two attached hydrogens (primary N) is 3. The van der Waals surface area contributed by atoms with E-state index in [2.05, 4.69) is 33.2 Å². The number of nitriles is 3. The highest BCUT2D eigenvalue weighted by molar-refractivity contribution is 5.63. The van der Waals surface area contributed by atoms with Gasteiger partial charge in [-0.2, -0.15) is 15.8 Å². The summed E-state index contributed by atoms with van der Waals surface area (Å²) in [6, 6.07) is 56.6. The second-order valence-corrected chi connectivity index (χ2v) is 25.8. The minimum absolute atomic E-state index is 0.122. The lowest BCUT2D eigenvalue weighted by molar-refractivity contribution is -0.127. The van der Waals surface area contributed by atoms with Gasteiger partial charge in [0.05, 0.1) is 110 Å². The van der Waals surface area contributed by atoms with Crippen LogP contribution in [0.25, 0.3) is 0 Å². The van der Waals surface area contributed by atoms with Gasteiger partial charge in [-0.05, 0) is 89.4 Å². The first kappa shape index (κ1) is 67.3. The van der Waals surface area contributed by atoms with Gasteiger partial charge in [0.15, 0.2) is 16.8 Å². The molecule has 6 heterocycles. The lowest BCUT2D eigenvalue weighted by atomic mass is 9.70. The molecule has 504 valence electrons. The summed E-state index contributed by atoms with van der Waals surface area (Å²) in [6.07, 6.45) is 9.36. The van der Waals surface area contributed by atoms with E-state index < -0.39 is 86.9 Å². The average molecular weight is 1330 g/mol. The van der Waals surface area contributed by atoms with Crippen LogP contribution in [0.1, 0.15) is 84.5 Å². The van der Waals surface area contributed by atoms with E-state index in [0.717, 1.165) is 16.7 Å². The standard InChI is InChI=1S/3C26H25N3O4/c3*1-32-21-13-29-14-22-24(21)25(31)20(12-28)19(15-30)23(17-5-3-2-4-6-17)26(25,33-22)18-9-7-16(11-27)8-10-18/h3*2-10,13-14,19-20,23,30-31H,12,15,28H2,1H3/t3*19-,20-,23+,25+,26-/m000/s1. The van der Waals surface area contributed by atoms with E-state index in [1.54, 1.807) is 110 Å². The molecule has 99 heavy (non-hydrogen) atoms. The van der Waals surface area contributed by atoms with Crippen LogP contribution in [0.15, 0.2) is 201 Å². The summed E-state index contributed by atoms with van der Waals surface area (Å²) in [5, 5.41) is 97.9. The van der Waals surface area contributed by atoms with Crippen LogP contribution in [-0.2, 0) is 33.6 Å². The van der Waals surface area contributed by atoms with Crippen molar-refractivity contribution in [2.45, 2.75) is 51.4 Å². The minimum atomic E-state index is -1.62. The number of nitrogens with zero attached hydrogens (tertiary/aromatic N) is 6. The van der Waals surface area contributed by atoms with Crippen molar-refractivity contribution in [1.29, 1.82) is 15.8 Å². The summed E-state index contributed by atoms with van der Waals surface area (Å²) in [4.78, 5) is 12.7. The molecule has 3 aliphatic heterocycles. The van der Waals surface area contributed by atoms with Crippen molar-refractivity contribution in [2.24, 2.45) is 52.7 Å². The summed E-state index contributed by atoms with van der Waals surface area (Å²) >= 11 is 0. The second-order valence-electron chi connectivity index (χ2n) is 25.8. The van der Waals surface area contributed by atoms with Crippen LogP contribution in [-0.4, -0.2) is 106 Å². The van der Waals surface area contributed by atoms with E-state index in [0.29, 0.717) is 84.6 Å². The highest BCUT2D eigenvalue weighted by Crippen LogP contribution is 2.75. The first-order chi connectivity index (χ1) is 48.2. The van der Waals surface area contributed by atoms with E-state index >= 15 is 0 Å². The van der Waals surface area contributed by atoms with Gasteiger partial charge in [-0.15, -0.1) is 0 Å². The summed E-state index contributed by atoms with van der Waals surface area (Å²) in [7, 11) is 4.56. The van der Waals surface area contributed by atoms with Crippen molar-refractivity contribution in [3.05, 3.63) is 268 Å². The molecule has 3 aromatic heterocycles. The summed E-state index contributed by atoms with van der Waals surface area (Å²) in [5.74, 6) is -1.70. The molecule has 21 heteroatoms. The molecule has 3 fully saturated rings. The molecule has 3 saturated carbocycles. The molecule has 9 aromatic rings. The first-order valence-electron chi connectivity index (χ1n) is 32.6. The summed E-state index contributed by atoms with van der Waals surface area (Å²) in [5.41, 5.74) is 17.8. The molecule has 0 unspecified atom stereocenters. The van der Waals surface area contributed by atoms with Crippen molar-refractivity contribution >= 4 is 0 Å². The fraction of sp³-hybridized carbons (Fsp3) is 0.308. The molecule has 12 N–H and O–H groups in total. The number of rotatable bonds is 15. The van der Waals surface area contributed by atoms with Crippen molar-refractivity contribution < 1.29 is 59.1 Å². The number of fused-ring (bicyclic) bond motifs is 9. The van der Waals surface area contributed by atoms with Gasteiger partial charge in [-0.3, -0.25) is 15.0 Å². The molecule has 15 rings (SSSR count). The largest absolute Gasteiger partial charge is 0.495 e. The molecule has 0 amide bonds. The van der Waals surface area contributed by atoms with Crippen molar-refractivity contribution in [3.8, 4) is 52.7 Å². The number of methoxy groups -OCH3 is 3. The van der Waals surface area contributed by atoms with Crippen LogP contribution in [0.3, 0.4) is 0 Å². The Kier molecular flexibility index (Phi) is 18.0. The van der Waals surface area contributed by atoms with Crippen LogP contribution in [0, 0.1) is 69.5 Å². The predicted molar refractivity (Wildman–Crippen MR) is 361 cm³/mol. The Bertz CT molecular complexity index is 4090. The Hall–Kier alpha value is -10.3. The number of aliphatic hydroxyl groups excluding tert-OH is 3. The van der Waals surface area contributed by atoms with Gasteiger partial charge in [0.2, 0.25) is 0 Å². The number of pyridine rings is 3. The third-order valence-corrected chi connectivity index (χ3v) is 21.9. The van der Waals surface area contributed by atoms with Crippen LogP contribution in [0.4, 0.5) is 0 Å². The van der Waals surface area contributed by atoms with Crippen molar-refractivity contribution in [1.82, 2.24) is 15.0 Å². The maximum absolute atomic E-state index is 12.7. The van der Waals surface area contributed by atoms with Crippen molar-refractivity contribution in [3.63, 3.8) is 0 Å². The van der Waals surface area contributed by atoms with Gasteiger partial charge in [0.25, 0.3) is 0 Å². The van der Waals surface area contributed by atoms with Crippen molar-refractivity contribution in [2.75, 3.05) is 60.8 Å². The van der Waals surface area contributed by atoms with E-state index in [4.69, 9.17) is 45.6 Å². The summed E-state index contributed by atoms with van der Waals surface area (Å²) < 4.78 is 36.9. The predicted octanol–water partition coefficient (Wildman–Crippen LogP) is 7.25. The Balaban J connectivity index is 0.000000133. The summed E-state index contributed by atoms with van der Waals surface area (Å²) in [6.45, 7) is -0.193. The molecular weight excluding hydrogens is 1250 g/mol. The number of hydrogen-bond donors (Lipinski definition) is 9. The number of hydrogen-bond acceptors (Lipinski definition) is 21. The Morgan fingerprint density at radius 1 is 0.384 bits per heavy atom. The highest BCUT2D eigenvalue weighted by atomic mass is 16.6. The van der Waals surface area contributed by atoms with E-state index in [1.165, 1.54) is 21.3 Å². The minimum Gasteiger partial charge on any atom is -0.495 e. The highest BCUT2D eigenvalue weighted by Gasteiger charge is 2.79. The molecule has 0 radical (unpaired) electrons. The molecule has 0 bridgehead atoms. The molecule has 21 nitrogen and oxygen atoms in total. The van der Waals surface area contributed by atoms with E-state index in [1.807, 2.05) is 91.0 Å². The van der Waals surface area contributed by atoms with Gasteiger partial charge in [-0.25, -0.2) is 0 Å². The quantitative estimate of drug-likeness (QED) is 0.0487. The lowest BCUT2D eigenvalue weighted by Crippen LogP contribution is -2.51. The molecule has 6 aliphatic rings. The molecule has 3 aliphatic carbocycles. The molecule has 0 saturated heterocycles. The monoisotopic (exact) mass is 1330 g/mol. The maximum Gasteiger partial charge on any atom is 0.174 e. The topological polar surface area (TPSA) is 365 Å². The fourth-order valence-corrected chi connectivity index (χ4v) is 18.1. The Morgan fingerprint density at radius 2 is 0.626 bits per heavy atom. The molecule has 0 spiro atoms. The number of aromatic nitrogens is 3. The van der Waals surface area contributed by atoms with Crippen LogP contribution in [0.2, 0.25) is 0 Å². The molecular formula is C78H75N9O12. The third kappa shape index (κ3) is 9.55. The van der Waals surface area contributed by atoms with Crippen LogP contribution < -0.4 is 45.6 Å². The Labute approximate surface area is 572 Å². The molecule has 6 aromatic carbocycles. The van der Waals surface area contributed by atoms with Gasteiger partial charge in [0.1, 0.15) is 51.3 Å². The normalized spacial score (nSPS) is 29.6. The fourth-order valence-electron chi connectivity index (χ4n) is 18.1. The smallest absolute Gasteiger partial charge is 0.174 e. The van der Waals surface area contributed by atoms with Crippen LogP contribution in [0.5, 0.6) is 34.5 Å². The average Bonchev–Trinajstić information content (AvgIpc) is 1.52. The Morgan fingerprint density at radius 3 is 0.828 bits per heavy atom. The number of aliphatic hydroxyl groups is 6. The lowest BCUT2D eigenvalue weighted by Gasteiger charge is -2.41. The number of ether oxygens (including phenoxy) is 6. The zero-order valence-electron chi connectivity index (χ0n) is 54.5. The van der Waals surface area contributed by atoms with Gasteiger partial charge in [0, 0.05) is 73.1 Å². The van der Waals surface area contributed by atoms with Gasteiger partial charge < -0.3 is 76.3 Å². The first-order valence-corrected chi connectivity index (χ1v) is 32.6. The number of benzene rings is 6. The van der Waals surface area contributed by atoms with E-state index in [9.17, 15) is 46.4 Å². The maximum atomic E-state index is 12.7. The molecule has 15 atom stereocenters.